The Kier molecular flexibility index (Phi) is 3.82. The highest BCUT2D eigenvalue weighted by atomic mass is 28.4. The lowest BCUT2D eigenvalue weighted by Gasteiger charge is -2.45. The Morgan fingerprint density at radius 3 is 1.95 bits per heavy atom. The van der Waals surface area contributed by atoms with Crippen LogP contribution in [0.15, 0.2) is 24.3 Å². The minimum Gasteiger partial charge on any atom is -0.414 e. The van der Waals surface area contributed by atoms with E-state index < -0.39 is 8.32 Å². The lowest BCUT2D eigenvalue weighted by molar-refractivity contribution is 0.0838. The van der Waals surface area contributed by atoms with Gasteiger partial charge in [0.25, 0.3) is 0 Å². The van der Waals surface area contributed by atoms with Crippen LogP contribution in [0.3, 0.4) is 0 Å². The van der Waals surface area contributed by atoms with Gasteiger partial charge in [-0.25, -0.2) is 0 Å². The number of rotatable bonds is 4. The highest BCUT2D eigenvalue weighted by Crippen LogP contribution is 2.49. The lowest BCUT2D eigenvalue weighted by Crippen LogP contribution is -2.47. The molecule has 0 saturated heterocycles. The first-order chi connectivity index (χ1) is 9.78. The molecular weight excluding hydrogens is 272 g/mol. The summed E-state index contributed by atoms with van der Waals surface area (Å²) >= 11 is 0. The van der Waals surface area contributed by atoms with Crippen molar-refractivity contribution in [2.45, 2.75) is 82.5 Å². The normalized spacial score (nSPS) is 26.5. The van der Waals surface area contributed by atoms with E-state index in [9.17, 15) is 0 Å². The molecule has 0 atom stereocenters. The van der Waals surface area contributed by atoms with Crippen LogP contribution < -0.4 is 0 Å². The highest BCUT2D eigenvalue weighted by molar-refractivity contribution is 6.74. The first kappa shape index (κ1) is 15.3. The number of benzene rings is 1. The quantitative estimate of drug-likeness (QED) is 0.636. The smallest absolute Gasteiger partial charge is 0.192 e. The van der Waals surface area contributed by atoms with Crippen molar-refractivity contribution >= 4 is 8.32 Å². The van der Waals surface area contributed by atoms with Crippen LogP contribution in [0.2, 0.25) is 18.1 Å². The van der Waals surface area contributed by atoms with E-state index in [0.717, 1.165) is 11.8 Å². The summed E-state index contributed by atoms with van der Waals surface area (Å²) in [5.41, 5.74) is 3.25. The fourth-order valence-electron chi connectivity index (χ4n) is 3.16. The van der Waals surface area contributed by atoms with E-state index in [1.807, 2.05) is 0 Å². The second kappa shape index (κ2) is 5.24. The van der Waals surface area contributed by atoms with Gasteiger partial charge in [0.05, 0.1) is 0 Å². The van der Waals surface area contributed by atoms with E-state index in [4.69, 9.17) is 4.43 Å². The Morgan fingerprint density at radius 1 is 0.952 bits per heavy atom. The molecule has 0 radical (unpaired) electrons. The van der Waals surface area contributed by atoms with Gasteiger partial charge >= 0.3 is 0 Å². The van der Waals surface area contributed by atoms with Crippen LogP contribution in [-0.2, 0) is 4.43 Å². The molecule has 2 aliphatic carbocycles. The number of hydrogen-bond acceptors (Lipinski definition) is 1. The van der Waals surface area contributed by atoms with E-state index in [1.165, 1.54) is 25.7 Å². The first-order valence-corrected chi connectivity index (χ1v) is 11.5. The molecule has 1 aromatic carbocycles. The van der Waals surface area contributed by atoms with Gasteiger partial charge in [-0.1, -0.05) is 45.0 Å². The zero-order chi connectivity index (χ0) is 15.3. The molecule has 2 saturated carbocycles. The van der Waals surface area contributed by atoms with Crippen molar-refractivity contribution in [3.8, 4) is 0 Å². The zero-order valence-electron chi connectivity index (χ0n) is 14.3. The van der Waals surface area contributed by atoms with Gasteiger partial charge in [0.2, 0.25) is 0 Å². The SMILES string of the molecule is CC(C)(C)[Si](C)(C)OC1CC(c2ccccc2C2CC2)C1. The van der Waals surface area contributed by atoms with Crippen LogP contribution in [0, 0.1) is 0 Å². The molecule has 0 N–H and O–H groups in total. The van der Waals surface area contributed by atoms with E-state index in [1.54, 1.807) is 11.1 Å². The van der Waals surface area contributed by atoms with E-state index >= 15 is 0 Å². The Balaban J connectivity index is 1.62. The molecule has 21 heavy (non-hydrogen) atoms. The molecule has 0 aromatic heterocycles. The molecular formula is C19H30OSi. The molecule has 1 nitrogen and oxygen atoms in total. The molecule has 3 rings (SSSR count). The van der Waals surface area contributed by atoms with E-state index in [-0.39, 0.29) is 0 Å². The number of hydrogen-bond donors (Lipinski definition) is 0. The van der Waals surface area contributed by atoms with Crippen LogP contribution in [0.4, 0.5) is 0 Å². The Bertz CT molecular complexity index is 505. The third kappa shape index (κ3) is 3.12. The summed E-state index contributed by atoms with van der Waals surface area (Å²) in [6.07, 6.45) is 5.76. The van der Waals surface area contributed by atoms with Crippen LogP contribution in [0.25, 0.3) is 0 Å². The molecule has 0 bridgehead atoms. The van der Waals surface area contributed by atoms with Gasteiger partial charge in [-0.15, -0.1) is 0 Å². The van der Waals surface area contributed by atoms with E-state index in [2.05, 4.69) is 58.1 Å². The van der Waals surface area contributed by atoms with Crippen LogP contribution in [0.1, 0.15) is 69.4 Å². The van der Waals surface area contributed by atoms with Crippen LogP contribution >= 0.6 is 0 Å². The predicted molar refractivity (Wildman–Crippen MR) is 92.5 cm³/mol. The van der Waals surface area contributed by atoms with Crippen molar-refractivity contribution in [1.29, 1.82) is 0 Å². The summed E-state index contributed by atoms with van der Waals surface area (Å²) in [4.78, 5) is 0. The summed E-state index contributed by atoms with van der Waals surface area (Å²) in [5.74, 6) is 1.61. The molecule has 0 aliphatic heterocycles. The average Bonchev–Trinajstić information content (AvgIpc) is 3.16. The third-order valence-corrected chi connectivity index (χ3v) is 10.4. The minimum absolute atomic E-state index is 0.323. The summed E-state index contributed by atoms with van der Waals surface area (Å²) in [5, 5.41) is 0.323. The van der Waals surface area contributed by atoms with Gasteiger partial charge in [0, 0.05) is 6.10 Å². The molecule has 2 aliphatic rings. The fraction of sp³-hybridized carbons (Fsp3) is 0.684. The monoisotopic (exact) mass is 302 g/mol. The van der Waals surface area contributed by atoms with Crippen molar-refractivity contribution in [2.75, 3.05) is 0 Å². The summed E-state index contributed by atoms with van der Waals surface area (Å²) in [7, 11) is -1.59. The van der Waals surface area contributed by atoms with Crippen LogP contribution in [0.5, 0.6) is 0 Å². The average molecular weight is 303 g/mol. The Labute approximate surface area is 131 Å². The summed E-state index contributed by atoms with van der Waals surface area (Å²) in [6, 6.07) is 9.14. The molecule has 1 aromatic rings. The van der Waals surface area contributed by atoms with Gasteiger partial charge in [-0.05, 0) is 66.8 Å². The molecule has 0 spiro atoms. The van der Waals surface area contributed by atoms with Gasteiger partial charge in [0.15, 0.2) is 8.32 Å². The maximum Gasteiger partial charge on any atom is 0.192 e. The molecule has 0 heterocycles. The van der Waals surface area contributed by atoms with Gasteiger partial charge in [-0.3, -0.25) is 0 Å². The largest absolute Gasteiger partial charge is 0.414 e. The molecule has 0 amide bonds. The molecule has 2 heteroatoms. The standard InChI is InChI=1S/C19H30OSi/c1-19(2,3)21(4,5)20-16-12-15(13-16)18-9-7-6-8-17(18)14-10-11-14/h6-9,14-16H,10-13H2,1-5H3. The van der Waals surface area contributed by atoms with Crippen molar-refractivity contribution in [3.05, 3.63) is 35.4 Å². The van der Waals surface area contributed by atoms with Crippen molar-refractivity contribution in [2.24, 2.45) is 0 Å². The fourth-order valence-corrected chi connectivity index (χ4v) is 4.54. The maximum absolute atomic E-state index is 6.54. The molecule has 2 fully saturated rings. The molecule has 116 valence electrons. The van der Waals surface area contributed by atoms with Gasteiger partial charge in [0.1, 0.15) is 0 Å². The van der Waals surface area contributed by atoms with Gasteiger partial charge in [-0.2, -0.15) is 0 Å². The Morgan fingerprint density at radius 2 is 1.48 bits per heavy atom. The summed E-state index contributed by atoms with van der Waals surface area (Å²) < 4.78 is 6.54. The van der Waals surface area contributed by atoms with Crippen LogP contribution in [-0.4, -0.2) is 14.4 Å². The Hall–Kier alpha value is -0.603. The molecule has 0 unspecified atom stereocenters. The first-order valence-electron chi connectivity index (χ1n) is 8.54. The van der Waals surface area contributed by atoms with Crippen molar-refractivity contribution < 1.29 is 4.43 Å². The lowest BCUT2D eigenvalue weighted by atomic mass is 9.75. The third-order valence-electron chi connectivity index (χ3n) is 5.82. The highest BCUT2D eigenvalue weighted by Gasteiger charge is 2.43. The maximum atomic E-state index is 6.54. The second-order valence-corrected chi connectivity index (χ2v) is 13.3. The topological polar surface area (TPSA) is 9.23 Å². The van der Waals surface area contributed by atoms with E-state index in [0.29, 0.717) is 11.1 Å². The summed E-state index contributed by atoms with van der Waals surface area (Å²) in [6.45, 7) is 11.7. The van der Waals surface area contributed by atoms with Crippen molar-refractivity contribution in [1.82, 2.24) is 0 Å². The van der Waals surface area contributed by atoms with Crippen molar-refractivity contribution in [3.63, 3.8) is 0 Å². The predicted octanol–water partition coefficient (Wildman–Crippen LogP) is 5.83. The second-order valence-electron chi connectivity index (χ2n) is 8.57. The zero-order valence-corrected chi connectivity index (χ0v) is 15.3. The van der Waals surface area contributed by atoms with Gasteiger partial charge < -0.3 is 4.43 Å². The minimum atomic E-state index is -1.59.